The quantitative estimate of drug-likeness (QED) is 0.307. The summed E-state index contributed by atoms with van der Waals surface area (Å²) in [5, 5.41) is 13.5. The molecule has 0 aromatic heterocycles. The molecule has 1 aliphatic heterocycles. The molecule has 8 heteroatoms. The van der Waals surface area contributed by atoms with E-state index in [0.717, 1.165) is 24.1 Å². The van der Waals surface area contributed by atoms with E-state index < -0.39 is 23.5 Å². The maximum absolute atomic E-state index is 13.4. The van der Waals surface area contributed by atoms with Gasteiger partial charge in [0.05, 0.1) is 19.1 Å². The third-order valence-corrected chi connectivity index (χ3v) is 6.77. The van der Waals surface area contributed by atoms with E-state index in [-0.39, 0.29) is 43.1 Å². The molecule has 0 saturated carbocycles. The summed E-state index contributed by atoms with van der Waals surface area (Å²) in [6, 6.07) is 7.04. The number of carbonyl (C=O) groups excluding carboxylic acids is 3. The van der Waals surface area contributed by atoms with E-state index in [4.69, 9.17) is 10.5 Å². The van der Waals surface area contributed by atoms with Crippen molar-refractivity contribution in [1.29, 1.82) is 0 Å². The highest BCUT2D eigenvalue weighted by Crippen LogP contribution is 2.34. The fourth-order valence-electron chi connectivity index (χ4n) is 4.71. The van der Waals surface area contributed by atoms with E-state index >= 15 is 0 Å². The number of nitrogens with zero attached hydrogens (tertiary/aromatic N) is 1. The van der Waals surface area contributed by atoms with Gasteiger partial charge in [0, 0.05) is 37.2 Å². The molecule has 35 heavy (non-hydrogen) atoms. The Morgan fingerprint density at radius 2 is 1.97 bits per heavy atom. The van der Waals surface area contributed by atoms with Gasteiger partial charge in [-0.25, -0.2) is 0 Å². The lowest BCUT2D eigenvalue weighted by atomic mass is 9.79. The Kier molecular flexibility index (Phi) is 10.7. The van der Waals surface area contributed by atoms with E-state index in [2.05, 4.69) is 12.2 Å². The van der Waals surface area contributed by atoms with Crippen LogP contribution >= 0.6 is 0 Å². The van der Waals surface area contributed by atoms with Crippen LogP contribution in [0.25, 0.3) is 0 Å². The lowest BCUT2D eigenvalue weighted by molar-refractivity contribution is -0.145. The molecule has 0 bridgehead atoms. The van der Waals surface area contributed by atoms with Gasteiger partial charge in [-0.2, -0.15) is 0 Å². The maximum Gasteiger partial charge on any atom is 0.310 e. The molecular weight excluding hydrogens is 446 g/mol. The summed E-state index contributed by atoms with van der Waals surface area (Å²) in [6.45, 7) is 8.66. The van der Waals surface area contributed by atoms with Crippen molar-refractivity contribution in [3.8, 4) is 0 Å². The number of unbranched alkanes of at least 4 members (excludes halogenated alkanes) is 1. The average molecular weight is 490 g/mol. The SMILES string of the molecule is CCCCNC(=O)[C@H](C)C[C@H](O)[C@@H](N)CC(C)(C)CC(=O)N1C[C@H](C(=O)OC)Cc2ccccc21. The van der Waals surface area contributed by atoms with Gasteiger partial charge < -0.3 is 25.8 Å². The first-order valence-corrected chi connectivity index (χ1v) is 12.7. The summed E-state index contributed by atoms with van der Waals surface area (Å²) in [5.74, 6) is -1.26. The third-order valence-electron chi connectivity index (χ3n) is 6.77. The molecule has 0 spiro atoms. The lowest BCUT2D eigenvalue weighted by Gasteiger charge is -2.36. The first-order valence-electron chi connectivity index (χ1n) is 12.7. The van der Waals surface area contributed by atoms with Gasteiger partial charge in [-0.15, -0.1) is 0 Å². The molecule has 1 aromatic rings. The normalized spacial score (nSPS) is 18.3. The minimum Gasteiger partial charge on any atom is -0.469 e. The summed E-state index contributed by atoms with van der Waals surface area (Å²) in [6.07, 6.45) is 2.51. The fraction of sp³-hybridized carbons (Fsp3) is 0.667. The Morgan fingerprint density at radius 1 is 1.29 bits per heavy atom. The smallest absolute Gasteiger partial charge is 0.310 e. The molecule has 4 atom stereocenters. The second-order valence-corrected chi connectivity index (χ2v) is 10.6. The first kappa shape index (κ1) is 28.8. The number of esters is 1. The first-order chi connectivity index (χ1) is 16.5. The molecule has 2 amide bonds. The molecule has 0 radical (unpaired) electrons. The third kappa shape index (κ3) is 8.32. The monoisotopic (exact) mass is 489 g/mol. The number of rotatable bonds is 12. The fourth-order valence-corrected chi connectivity index (χ4v) is 4.71. The maximum atomic E-state index is 13.4. The Balaban J connectivity index is 1.99. The zero-order valence-corrected chi connectivity index (χ0v) is 21.9. The highest BCUT2D eigenvalue weighted by Gasteiger charge is 2.36. The van der Waals surface area contributed by atoms with Crippen molar-refractivity contribution < 1.29 is 24.2 Å². The van der Waals surface area contributed by atoms with E-state index in [1.54, 1.807) is 11.8 Å². The molecule has 0 saturated heterocycles. The summed E-state index contributed by atoms with van der Waals surface area (Å²) in [5.41, 5.74) is 7.59. The predicted octanol–water partition coefficient (Wildman–Crippen LogP) is 2.80. The van der Waals surface area contributed by atoms with Crippen LogP contribution in [0, 0.1) is 17.3 Å². The van der Waals surface area contributed by atoms with Crippen molar-refractivity contribution in [2.45, 2.75) is 78.4 Å². The molecule has 0 unspecified atom stereocenters. The highest BCUT2D eigenvalue weighted by atomic mass is 16.5. The minimum absolute atomic E-state index is 0.0805. The standard InChI is InChI=1S/C27H43N3O5/c1-6-7-12-29-25(33)18(2)13-23(31)21(28)15-27(3,4)16-24(32)30-17-20(26(34)35-5)14-19-10-8-9-11-22(19)30/h8-11,18,20-21,23,31H,6-7,12-17,28H2,1-5H3,(H,29,33)/t18-,20-,21+,23+/m1/s1. The van der Waals surface area contributed by atoms with Gasteiger partial charge in [-0.05, 0) is 42.7 Å². The zero-order valence-electron chi connectivity index (χ0n) is 21.9. The van der Waals surface area contributed by atoms with Crippen molar-refractivity contribution in [2.75, 3.05) is 25.1 Å². The van der Waals surface area contributed by atoms with Crippen molar-refractivity contribution in [3.63, 3.8) is 0 Å². The molecule has 196 valence electrons. The number of para-hydroxylation sites is 1. The van der Waals surface area contributed by atoms with Gasteiger partial charge in [0.15, 0.2) is 0 Å². The number of aliphatic hydroxyl groups is 1. The van der Waals surface area contributed by atoms with E-state index in [1.807, 2.05) is 38.1 Å². The van der Waals surface area contributed by atoms with Crippen LogP contribution in [-0.4, -0.2) is 55.2 Å². The number of nitrogens with one attached hydrogen (secondary N) is 1. The van der Waals surface area contributed by atoms with E-state index in [1.165, 1.54) is 7.11 Å². The van der Waals surface area contributed by atoms with Gasteiger partial charge >= 0.3 is 5.97 Å². The van der Waals surface area contributed by atoms with Crippen molar-refractivity contribution in [2.24, 2.45) is 23.0 Å². The number of amides is 2. The molecular formula is C27H43N3O5. The summed E-state index contributed by atoms with van der Waals surface area (Å²) >= 11 is 0. The number of carbonyl (C=O) groups is 3. The lowest BCUT2D eigenvalue weighted by Crippen LogP contribution is -2.45. The minimum atomic E-state index is -0.851. The molecule has 1 heterocycles. The van der Waals surface area contributed by atoms with Gasteiger partial charge in [0.1, 0.15) is 0 Å². The summed E-state index contributed by atoms with van der Waals surface area (Å²) in [7, 11) is 1.36. The Bertz CT molecular complexity index is 872. The zero-order chi connectivity index (χ0) is 26.2. The number of methoxy groups -OCH3 is 1. The van der Waals surface area contributed by atoms with Crippen LogP contribution in [0.2, 0.25) is 0 Å². The van der Waals surface area contributed by atoms with Crippen molar-refractivity contribution in [3.05, 3.63) is 29.8 Å². The Hall–Kier alpha value is -2.45. The second kappa shape index (κ2) is 13.0. The van der Waals surface area contributed by atoms with Crippen LogP contribution in [-0.2, 0) is 25.5 Å². The topological polar surface area (TPSA) is 122 Å². The molecule has 1 aromatic carbocycles. The number of fused-ring (bicyclic) bond motifs is 1. The van der Waals surface area contributed by atoms with Crippen molar-refractivity contribution in [1.82, 2.24) is 5.32 Å². The van der Waals surface area contributed by atoms with Gasteiger partial charge in [0.25, 0.3) is 0 Å². The van der Waals surface area contributed by atoms with Crippen LogP contribution in [0.4, 0.5) is 5.69 Å². The Labute approximate surface area is 209 Å². The van der Waals surface area contributed by atoms with Crippen LogP contribution < -0.4 is 16.0 Å². The largest absolute Gasteiger partial charge is 0.469 e. The Morgan fingerprint density at radius 3 is 2.63 bits per heavy atom. The molecule has 0 fully saturated rings. The number of aliphatic hydroxyl groups excluding tert-OH is 1. The molecule has 2 rings (SSSR count). The number of nitrogens with two attached hydrogens (primary N) is 1. The summed E-state index contributed by atoms with van der Waals surface area (Å²) < 4.78 is 4.94. The van der Waals surface area contributed by atoms with Gasteiger partial charge in [-0.3, -0.25) is 14.4 Å². The number of anilines is 1. The number of hydrogen-bond acceptors (Lipinski definition) is 6. The second-order valence-electron chi connectivity index (χ2n) is 10.6. The van der Waals surface area contributed by atoms with Crippen LogP contribution in [0.1, 0.15) is 65.4 Å². The van der Waals surface area contributed by atoms with E-state index in [9.17, 15) is 19.5 Å². The van der Waals surface area contributed by atoms with Gasteiger partial charge in [-0.1, -0.05) is 52.3 Å². The molecule has 0 aliphatic carbocycles. The predicted molar refractivity (Wildman–Crippen MR) is 137 cm³/mol. The summed E-state index contributed by atoms with van der Waals surface area (Å²) in [4.78, 5) is 39.5. The molecule has 4 N–H and O–H groups in total. The molecule has 1 aliphatic rings. The van der Waals surface area contributed by atoms with E-state index in [0.29, 0.717) is 19.4 Å². The van der Waals surface area contributed by atoms with Crippen LogP contribution in [0.5, 0.6) is 0 Å². The number of benzene rings is 1. The van der Waals surface area contributed by atoms with Crippen molar-refractivity contribution >= 4 is 23.5 Å². The molecule has 8 nitrogen and oxygen atoms in total. The van der Waals surface area contributed by atoms with Crippen LogP contribution in [0.3, 0.4) is 0 Å². The van der Waals surface area contributed by atoms with Gasteiger partial charge in [0.2, 0.25) is 11.8 Å². The number of hydrogen-bond donors (Lipinski definition) is 3. The average Bonchev–Trinajstić information content (AvgIpc) is 2.81. The van der Waals surface area contributed by atoms with Crippen LogP contribution in [0.15, 0.2) is 24.3 Å². The number of ether oxygens (including phenoxy) is 1. The highest BCUT2D eigenvalue weighted by molar-refractivity contribution is 5.96.